The van der Waals surface area contributed by atoms with E-state index in [1.165, 1.54) is 22.9 Å². The number of nitrogens with one attached hydrogen (secondary N) is 3. The molecule has 20 heteroatoms. The maximum atomic E-state index is 13.5. The van der Waals surface area contributed by atoms with Crippen LogP contribution in [0.3, 0.4) is 0 Å². The van der Waals surface area contributed by atoms with Gasteiger partial charge in [-0.2, -0.15) is 23.4 Å². The molecule has 7 N–H and O–H groups in total. The number of hydrogen-bond donors (Lipinski definition) is 6. The molecule has 44 heavy (non-hydrogen) atoms. The number of carbonyl (C=O) groups excluding carboxylic acids is 2. The fourth-order valence-corrected chi connectivity index (χ4v) is 5.96. The quantitative estimate of drug-likeness (QED) is 0.0421. The summed E-state index contributed by atoms with van der Waals surface area (Å²) in [5.41, 5.74) is 4.57. The van der Waals surface area contributed by atoms with Crippen LogP contribution in [0, 0.1) is 5.41 Å². The van der Waals surface area contributed by atoms with E-state index >= 15 is 0 Å². The Morgan fingerprint density at radius 1 is 1.27 bits per heavy atom. The number of oxime groups is 1. The first kappa shape index (κ1) is 30.5. The largest absolute Gasteiger partial charge is 0.478 e. The van der Waals surface area contributed by atoms with Gasteiger partial charge in [-0.25, -0.2) is 14.1 Å². The number of rotatable bonds is 13. The first-order chi connectivity index (χ1) is 20.9. The number of carboxylic acids is 1. The summed E-state index contributed by atoms with van der Waals surface area (Å²) in [6, 6.07) is 6.57. The molecule has 3 aromatic rings. The highest BCUT2D eigenvalue weighted by atomic mass is 32.2. The van der Waals surface area contributed by atoms with E-state index in [2.05, 4.69) is 31.0 Å². The fraction of sp³-hybridized carbons (Fsp3) is 0.333. The average molecular weight is 647 g/mol. The smallest absolute Gasteiger partial charge is 0.362 e. The van der Waals surface area contributed by atoms with E-state index in [1.807, 2.05) is 30.3 Å². The number of aliphatic carboxylic acids is 1. The third kappa shape index (κ3) is 6.66. The summed E-state index contributed by atoms with van der Waals surface area (Å²) in [6.07, 6.45) is 2.09. The van der Waals surface area contributed by atoms with Crippen molar-refractivity contribution in [3.05, 3.63) is 63.9 Å². The lowest BCUT2D eigenvalue weighted by atomic mass is 9.98. The van der Waals surface area contributed by atoms with Gasteiger partial charge in [0.1, 0.15) is 23.5 Å². The maximum Gasteiger partial charge on any atom is 0.362 e. The predicted octanol–water partition coefficient (Wildman–Crippen LogP) is -1.16. The van der Waals surface area contributed by atoms with Crippen molar-refractivity contribution in [2.75, 3.05) is 0 Å². The Hall–Kier alpha value is -4.95. The lowest BCUT2D eigenvalue weighted by Crippen LogP contribution is -2.73. The Bertz CT molecular complexity index is 1740. The van der Waals surface area contributed by atoms with Crippen molar-refractivity contribution in [3.8, 4) is 0 Å². The van der Waals surface area contributed by atoms with Crippen molar-refractivity contribution in [1.29, 1.82) is 5.41 Å². The van der Waals surface area contributed by atoms with Gasteiger partial charge in [-0.05, 0) is 5.56 Å². The standard InChI is InChI=1S/C24H26N10O8S2/c25-23(26)27-9-14-10-28-33(31-14)11-16-19(21(36)34(16)44(39,40)41)30-20(35)18(32-42-24(6-7-24)22(37)38)15-12-43-17(29-15)8-13-4-2-1-3-5-13/h1-5,10,12,16,19H,6-9,11H2,(H,30,35)(H,37,38)(H4,25,26,27)(H,39,40,41)/b32-18-. The lowest BCUT2D eigenvalue weighted by Gasteiger charge is -2.43. The fourth-order valence-electron chi connectivity index (χ4n) is 4.27. The summed E-state index contributed by atoms with van der Waals surface area (Å²) in [6.45, 7) is -0.321. The van der Waals surface area contributed by atoms with Crippen molar-refractivity contribution < 1.29 is 37.3 Å². The van der Waals surface area contributed by atoms with Gasteiger partial charge in [-0.1, -0.05) is 35.5 Å². The number of nitrogens with zero attached hydrogens (tertiary/aromatic N) is 6. The molecule has 18 nitrogen and oxygen atoms in total. The Kier molecular flexibility index (Phi) is 8.30. The van der Waals surface area contributed by atoms with E-state index in [-0.39, 0.29) is 41.9 Å². The number of β-lactam (4-membered cyclic amide) rings is 1. The van der Waals surface area contributed by atoms with Crippen LogP contribution in [-0.2, 0) is 49.0 Å². The molecule has 232 valence electrons. The molecular weight excluding hydrogens is 620 g/mol. The van der Waals surface area contributed by atoms with Crippen LogP contribution < -0.4 is 16.4 Å². The molecule has 0 bridgehead atoms. The molecule has 0 spiro atoms. The third-order valence-electron chi connectivity index (χ3n) is 6.71. The number of aromatic nitrogens is 4. The zero-order valence-electron chi connectivity index (χ0n) is 22.7. The first-order valence-electron chi connectivity index (χ1n) is 12.9. The van der Waals surface area contributed by atoms with Gasteiger partial charge < -0.3 is 26.3 Å². The minimum Gasteiger partial charge on any atom is -0.478 e. The number of carbonyl (C=O) groups is 3. The molecule has 2 amide bonds. The third-order valence-corrected chi connectivity index (χ3v) is 8.51. The highest BCUT2D eigenvalue weighted by Crippen LogP contribution is 2.40. The number of nitrogens with two attached hydrogens (primary N) is 1. The first-order valence-corrected chi connectivity index (χ1v) is 15.2. The summed E-state index contributed by atoms with van der Waals surface area (Å²) in [4.78, 5) is 48.7. The summed E-state index contributed by atoms with van der Waals surface area (Å²) >= 11 is 1.22. The van der Waals surface area contributed by atoms with Crippen molar-refractivity contribution in [2.45, 2.75) is 50.0 Å². The molecule has 2 aliphatic rings. The van der Waals surface area contributed by atoms with E-state index in [0.29, 0.717) is 17.1 Å². The topological polar surface area (TPSA) is 268 Å². The Balaban J connectivity index is 1.38. The Labute approximate surface area is 253 Å². The van der Waals surface area contributed by atoms with Gasteiger partial charge in [-0.15, -0.1) is 11.3 Å². The lowest BCUT2D eigenvalue weighted by molar-refractivity contribution is -0.153. The average Bonchev–Trinajstić information content (AvgIpc) is 3.40. The van der Waals surface area contributed by atoms with Crippen molar-refractivity contribution >= 4 is 51.1 Å². The number of guanidine groups is 1. The van der Waals surface area contributed by atoms with E-state index in [0.717, 1.165) is 10.4 Å². The van der Waals surface area contributed by atoms with Crippen LogP contribution in [0.2, 0.25) is 0 Å². The summed E-state index contributed by atoms with van der Waals surface area (Å²) < 4.78 is 33.8. The van der Waals surface area contributed by atoms with Crippen LogP contribution in [0.25, 0.3) is 0 Å². The maximum absolute atomic E-state index is 13.5. The van der Waals surface area contributed by atoms with Crippen LogP contribution in [0.4, 0.5) is 0 Å². The van der Waals surface area contributed by atoms with Crippen LogP contribution in [0.1, 0.15) is 34.8 Å². The second kappa shape index (κ2) is 12.0. The molecule has 3 heterocycles. The number of amides is 2. The molecule has 5 rings (SSSR count). The van der Waals surface area contributed by atoms with Crippen molar-refractivity contribution in [1.82, 2.24) is 34.9 Å². The molecule has 1 saturated heterocycles. The van der Waals surface area contributed by atoms with Gasteiger partial charge in [0.25, 0.3) is 11.8 Å². The van der Waals surface area contributed by atoms with Gasteiger partial charge in [0.15, 0.2) is 11.7 Å². The Morgan fingerprint density at radius 2 is 2.00 bits per heavy atom. The zero-order chi connectivity index (χ0) is 31.6. The molecule has 2 aromatic heterocycles. The van der Waals surface area contributed by atoms with E-state index in [4.69, 9.17) is 16.0 Å². The van der Waals surface area contributed by atoms with Gasteiger partial charge in [0.05, 0.1) is 24.3 Å². The van der Waals surface area contributed by atoms with Gasteiger partial charge in [0, 0.05) is 24.6 Å². The number of thiazole rings is 1. The predicted molar refractivity (Wildman–Crippen MR) is 151 cm³/mol. The van der Waals surface area contributed by atoms with Gasteiger partial charge in [0.2, 0.25) is 5.60 Å². The molecule has 0 radical (unpaired) electrons. The molecule has 2 unspecified atom stereocenters. The minimum absolute atomic E-state index is 0.0403. The van der Waals surface area contributed by atoms with E-state index in [9.17, 15) is 32.5 Å². The number of carboxylic acid groups (broad SMARTS) is 1. The monoisotopic (exact) mass is 646 g/mol. The minimum atomic E-state index is -5.02. The van der Waals surface area contributed by atoms with Crippen molar-refractivity contribution in [2.24, 2.45) is 10.9 Å². The second-order valence-electron chi connectivity index (χ2n) is 9.91. The normalized spacial score (nSPS) is 19.2. The molecule has 1 aliphatic carbocycles. The highest BCUT2D eigenvalue weighted by molar-refractivity contribution is 7.84. The Morgan fingerprint density at radius 3 is 2.64 bits per heavy atom. The summed E-state index contributed by atoms with van der Waals surface area (Å²) in [5, 5.41) is 35.7. The molecule has 1 saturated carbocycles. The van der Waals surface area contributed by atoms with Crippen LogP contribution >= 0.6 is 11.3 Å². The van der Waals surface area contributed by atoms with Crippen molar-refractivity contribution in [3.63, 3.8) is 0 Å². The summed E-state index contributed by atoms with van der Waals surface area (Å²) in [7, 11) is -5.02. The zero-order valence-corrected chi connectivity index (χ0v) is 24.3. The number of hydrogen-bond acceptors (Lipinski definition) is 12. The second-order valence-corrected chi connectivity index (χ2v) is 12.1. The van der Waals surface area contributed by atoms with Gasteiger partial charge in [-0.3, -0.25) is 19.6 Å². The SMILES string of the molecule is N=C(N)NCc1cnn(CC2C(NC(=O)/C(=N\OC3(C(=O)O)CC3)c3csc(Cc4ccccc4)n3)C(=O)N2S(=O)(=O)O)n1. The molecular formula is C24H26N10O8S2. The van der Waals surface area contributed by atoms with Crippen LogP contribution in [-0.4, -0.2) is 89.5 Å². The van der Waals surface area contributed by atoms with Gasteiger partial charge >= 0.3 is 16.3 Å². The molecule has 1 aromatic carbocycles. The highest BCUT2D eigenvalue weighted by Gasteiger charge is 2.56. The van der Waals surface area contributed by atoms with Crippen LogP contribution in [0.5, 0.6) is 0 Å². The summed E-state index contributed by atoms with van der Waals surface area (Å²) in [5.74, 6) is -3.70. The number of benzene rings is 1. The van der Waals surface area contributed by atoms with E-state index < -0.39 is 51.5 Å². The molecule has 2 atom stereocenters. The van der Waals surface area contributed by atoms with Crippen LogP contribution in [0.15, 0.2) is 47.1 Å². The molecule has 2 fully saturated rings. The molecule has 1 aliphatic heterocycles. The van der Waals surface area contributed by atoms with E-state index in [1.54, 1.807) is 0 Å².